The summed E-state index contributed by atoms with van der Waals surface area (Å²) >= 11 is 0. The topological polar surface area (TPSA) is 51.1 Å². The normalized spacial score (nSPS) is 18.8. The van der Waals surface area contributed by atoms with Crippen LogP contribution in [0, 0.1) is 0 Å². The Bertz CT molecular complexity index is 1390. The first-order valence-electron chi connectivity index (χ1n) is 11.0. The molecule has 0 saturated heterocycles. The average Bonchev–Trinajstić information content (AvgIpc) is 3.33. The maximum absolute atomic E-state index is 13.5. The lowest BCUT2D eigenvalue weighted by molar-refractivity contribution is -0.00455. The van der Waals surface area contributed by atoms with Crippen LogP contribution < -0.4 is 9.47 Å². The molecule has 2 heterocycles. The number of methoxy groups -OCH3 is 1. The second-order valence-electron chi connectivity index (χ2n) is 8.31. The van der Waals surface area contributed by atoms with E-state index in [1.807, 2.05) is 35.3 Å². The minimum atomic E-state index is -0.823. The molecular weight excluding hydrogens is 412 g/mol. The van der Waals surface area contributed by atoms with Crippen LogP contribution in [0.15, 0.2) is 96.1 Å². The number of ether oxygens (including phenoxy) is 2. The molecule has 0 spiro atoms. The van der Waals surface area contributed by atoms with Crippen molar-refractivity contribution in [2.75, 3.05) is 7.11 Å². The Morgan fingerprint density at radius 1 is 0.939 bits per heavy atom. The predicted octanol–water partition coefficient (Wildman–Crippen LogP) is 5.60. The summed E-state index contributed by atoms with van der Waals surface area (Å²) in [4.78, 5) is 13.5. The molecule has 0 fully saturated rings. The second-order valence-corrected chi connectivity index (χ2v) is 8.31. The van der Waals surface area contributed by atoms with Gasteiger partial charge in [-0.15, -0.1) is 0 Å². The van der Waals surface area contributed by atoms with E-state index >= 15 is 0 Å². The van der Waals surface area contributed by atoms with Crippen LogP contribution in [0.2, 0.25) is 0 Å². The number of nitrogens with zero attached hydrogens (tertiary/aromatic N) is 2. The Labute approximate surface area is 191 Å². The molecule has 0 aliphatic carbocycles. The molecule has 4 aromatic rings. The molecule has 2 atom stereocenters. The summed E-state index contributed by atoms with van der Waals surface area (Å²) in [6.45, 7) is 0. The summed E-state index contributed by atoms with van der Waals surface area (Å²) in [6.07, 6.45) is -0.110. The Morgan fingerprint density at radius 2 is 1.70 bits per heavy atom. The van der Waals surface area contributed by atoms with Crippen molar-refractivity contribution in [1.29, 1.82) is 0 Å². The van der Waals surface area contributed by atoms with Crippen molar-refractivity contribution in [3.63, 3.8) is 0 Å². The number of carbonyl (C=O) groups is 1. The standard InChI is InChI=1S/C28H22N2O3/c1-32-22-14-12-19(13-15-22)27(31)28-30-25(23-8-4-5-9-26(23)33-28)17-24(29-30)21-11-10-18-6-2-3-7-20(18)16-21/h2-16,25,28H,17H2,1H3/t25-,28-/m1/s1. The maximum Gasteiger partial charge on any atom is 0.251 e. The van der Waals surface area contributed by atoms with Gasteiger partial charge in [-0.05, 0) is 52.7 Å². The van der Waals surface area contributed by atoms with Crippen molar-refractivity contribution in [3.05, 3.63) is 108 Å². The smallest absolute Gasteiger partial charge is 0.251 e. The van der Waals surface area contributed by atoms with Gasteiger partial charge in [0.1, 0.15) is 11.5 Å². The Morgan fingerprint density at radius 3 is 2.52 bits per heavy atom. The highest BCUT2D eigenvalue weighted by Crippen LogP contribution is 2.43. The molecule has 6 rings (SSSR count). The molecule has 0 radical (unpaired) electrons. The highest BCUT2D eigenvalue weighted by atomic mass is 16.5. The van der Waals surface area contributed by atoms with Crippen LogP contribution in [0.3, 0.4) is 0 Å². The van der Waals surface area contributed by atoms with E-state index in [0.29, 0.717) is 17.7 Å². The van der Waals surface area contributed by atoms with E-state index in [-0.39, 0.29) is 11.8 Å². The molecule has 5 nitrogen and oxygen atoms in total. The van der Waals surface area contributed by atoms with Crippen LogP contribution in [0.25, 0.3) is 10.8 Å². The molecule has 0 bridgehead atoms. The molecule has 0 amide bonds. The third-order valence-corrected chi connectivity index (χ3v) is 6.38. The van der Waals surface area contributed by atoms with Crippen molar-refractivity contribution in [3.8, 4) is 11.5 Å². The molecule has 0 aromatic heterocycles. The van der Waals surface area contributed by atoms with Crippen LogP contribution in [0.5, 0.6) is 11.5 Å². The van der Waals surface area contributed by atoms with Crippen molar-refractivity contribution < 1.29 is 14.3 Å². The first kappa shape index (κ1) is 19.6. The molecule has 2 aliphatic rings. The first-order valence-corrected chi connectivity index (χ1v) is 11.0. The number of hydrogen-bond acceptors (Lipinski definition) is 5. The number of carbonyl (C=O) groups excluding carboxylic acids is 1. The molecule has 0 N–H and O–H groups in total. The summed E-state index contributed by atoms with van der Waals surface area (Å²) in [5.41, 5.74) is 3.64. The quantitative estimate of drug-likeness (QED) is 0.392. The predicted molar refractivity (Wildman–Crippen MR) is 128 cm³/mol. The highest BCUT2D eigenvalue weighted by Gasteiger charge is 2.43. The van der Waals surface area contributed by atoms with Crippen LogP contribution >= 0.6 is 0 Å². The van der Waals surface area contributed by atoms with Gasteiger partial charge in [0, 0.05) is 17.5 Å². The van der Waals surface area contributed by atoms with E-state index < -0.39 is 6.23 Å². The van der Waals surface area contributed by atoms with E-state index in [9.17, 15) is 4.79 Å². The summed E-state index contributed by atoms with van der Waals surface area (Å²) < 4.78 is 11.4. The third-order valence-electron chi connectivity index (χ3n) is 6.38. The Balaban J connectivity index is 1.40. The van der Waals surface area contributed by atoms with Crippen LogP contribution in [0.1, 0.15) is 33.9 Å². The largest absolute Gasteiger partial charge is 0.497 e. The van der Waals surface area contributed by atoms with Gasteiger partial charge in [-0.1, -0.05) is 54.6 Å². The van der Waals surface area contributed by atoms with E-state index in [4.69, 9.17) is 14.6 Å². The van der Waals surface area contributed by atoms with Gasteiger partial charge in [-0.25, -0.2) is 5.01 Å². The van der Waals surface area contributed by atoms with E-state index in [1.165, 1.54) is 10.8 Å². The van der Waals surface area contributed by atoms with Crippen LogP contribution in [-0.4, -0.2) is 29.8 Å². The maximum atomic E-state index is 13.5. The number of hydrogen-bond donors (Lipinski definition) is 0. The average molecular weight is 434 g/mol. The summed E-state index contributed by atoms with van der Waals surface area (Å²) in [6, 6.07) is 29.7. The molecule has 162 valence electrons. The summed E-state index contributed by atoms with van der Waals surface area (Å²) in [5, 5.41) is 9.12. The minimum absolute atomic E-state index is 0.0522. The van der Waals surface area contributed by atoms with Crippen molar-refractivity contribution in [1.82, 2.24) is 5.01 Å². The highest BCUT2D eigenvalue weighted by molar-refractivity contribution is 6.05. The van der Waals surface area contributed by atoms with E-state index in [0.717, 1.165) is 22.6 Å². The van der Waals surface area contributed by atoms with Gasteiger partial charge < -0.3 is 9.47 Å². The zero-order chi connectivity index (χ0) is 22.4. The molecule has 4 aromatic carbocycles. The van der Waals surface area contributed by atoms with Gasteiger partial charge in [0.15, 0.2) is 0 Å². The first-order chi connectivity index (χ1) is 16.2. The molecule has 0 unspecified atom stereocenters. The number of ketones is 1. The van der Waals surface area contributed by atoms with Crippen molar-refractivity contribution in [2.45, 2.75) is 18.7 Å². The lowest BCUT2D eigenvalue weighted by atomic mass is 9.95. The minimum Gasteiger partial charge on any atom is -0.497 e. The summed E-state index contributed by atoms with van der Waals surface area (Å²) in [5.74, 6) is 1.32. The number of Topliss-reactive ketones (excluding diaryl/α,β-unsaturated/α-hetero) is 1. The number of rotatable bonds is 4. The molecule has 2 aliphatic heterocycles. The number of fused-ring (bicyclic) bond motifs is 4. The van der Waals surface area contributed by atoms with Crippen molar-refractivity contribution >= 4 is 22.3 Å². The fraction of sp³-hybridized carbons (Fsp3) is 0.143. The monoisotopic (exact) mass is 434 g/mol. The number of para-hydroxylation sites is 1. The Kier molecular flexibility index (Phi) is 4.61. The van der Waals surface area contributed by atoms with Crippen LogP contribution in [0.4, 0.5) is 0 Å². The molecule has 5 heteroatoms. The van der Waals surface area contributed by atoms with E-state index in [1.54, 1.807) is 31.4 Å². The summed E-state index contributed by atoms with van der Waals surface area (Å²) in [7, 11) is 1.61. The zero-order valence-electron chi connectivity index (χ0n) is 18.1. The lowest BCUT2D eigenvalue weighted by Crippen LogP contribution is -2.45. The van der Waals surface area contributed by atoms with E-state index in [2.05, 4.69) is 36.4 Å². The van der Waals surface area contributed by atoms with Gasteiger partial charge in [0.05, 0.1) is 18.9 Å². The number of hydrazone groups is 1. The lowest BCUT2D eigenvalue weighted by Gasteiger charge is -2.37. The molecule has 0 saturated carbocycles. The zero-order valence-corrected chi connectivity index (χ0v) is 18.1. The van der Waals surface area contributed by atoms with Crippen molar-refractivity contribution in [2.24, 2.45) is 5.10 Å². The van der Waals surface area contributed by atoms with Gasteiger partial charge in [-0.3, -0.25) is 4.79 Å². The number of benzene rings is 4. The second kappa shape index (κ2) is 7.78. The van der Waals surface area contributed by atoms with Gasteiger partial charge >= 0.3 is 0 Å². The Hall–Kier alpha value is -4.12. The molecule has 33 heavy (non-hydrogen) atoms. The third kappa shape index (κ3) is 3.33. The van der Waals surface area contributed by atoms with Gasteiger partial charge in [0.2, 0.25) is 5.78 Å². The van der Waals surface area contributed by atoms with Gasteiger partial charge in [-0.2, -0.15) is 5.10 Å². The van der Waals surface area contributed by atoms with Gasteiger partial charge in [0.25, 0.3) is 6.23 Å². The fourth-order valence-electron chi connectivity index (χ4n) is 4.65. The molecular formula is C28H22N2O3. The van der Waals surface area contributed by atoms with Crippen LogP contribution in [-0.2, 0) is 0 Å². The SMILES string of the molecule is COc1ccc(C(=O)[C@H]2Oc3ccccc3[C@H]3CC(c4ccc5ccccc5c4)=NN23)cc1. The fourth-order valence-corrected chi connectivity index (χ4v) is 4.65.